The van der Waals surface area contributed by atoms with Gasteiger partial charge in [0.2, 0.25) is 0 Å². The molecule has 1 heterocycles. The average molecular weight is 249 g/mol. The molecular formula is C12H12FN3O2. The molecule has 0 unspecified atom stereocenters. The van der Waals surface area contributed by atoms with Crippen LogP contribution >= 0.6 is 0 Å². The van der Waals surface area contributed by atoms with E-state index in [1.165, 1.54) is 23.0 Å². The van der Waals surface area contributed by atoms with E-state index in [2.05, 4.69) is 10.3 Å². The fourth-order valence-electron chi connectivity index (χ4n) is 1.38. The van der Waals surface area contributed by atoms with Crippen molar-refractivity contribution in [2.24, 2.45) is 0 Å². The molecule has 0 fully saturated rings. The molecule has 0 saturated carbocycles. The molecular weight excluding hydrogens is 237 g/mol. The maximum absolute atomic E-state index is 12.8. The molecule has 0 aliphatic carbocycles. The highest BCUT2D eigenvalue weighted by Gasteiger charge is 2.32. The number of aliphatic carboxylic acids is 1. The van der Waals surface area contributed by atoms with Gasteiger partial charge >= 0.3 is 5.97 Å². The summed E-state index contributed by atoms with van der Waals surface area (Å²) in [4.78, 5) is 11.1. The molecule has 6 heteroatoms. The Morgan fingerprint density at radius 1 is 1.33 bits per heavy atom. The van der Waals surface area contributed by atoms with Crippen LogP contribution in [0, 0.1) is 5.82 Å². The molecule has 94 valence electrons. The molecule has 0 atom stereocenters. The maximum Gasteiger partial charge on any atom is 0.315 e. The number of carboxylic acid groups (broad SMARTS) is 1. The third-order valence-corrected chi connectivity index (χ3v) is 2.76. The minimum absolute atomic E-state index is 0.343. The van der Waals surface area contributed by atoms with Crippen LogP contribution in [0.2, 0.25) is 0 Å². The summed E-state index contributed by atoms with van der Waals surface area (Å²) in [7, 11) is 0. The molecule has 0 radical (unpaired) electrons. The van der Waals surface area contributed by atoms with Crippen molar-refractivity contribution >= 4 is 5.97 Å². The number of benzene rings is 1. The highest BCUT2D eigenvalue weighted by molar-refractivity contribution is 5.79. The van der Waals surface area contributed by atoms with Crippen LogP contribution < -0.4 is 0 Å². The maximum atomic E-state index is 12.8. The van der Waals surface area contributed by atoms with E-state index in [0.29, 0.717) is 11.4 Å². The van der Waals surface area contributed by atoms with E-state index < -0.39 is 11.4 Å². The Kier molecular flexibility index (Phi) is 2.86. The quantitative estimate of drug-likeness (QED) is 0.900. The zero-order valence-corrected chi connectivity index (χ0v) is 9.96. The molecule has 1 aromatic carbocycles. The monoisotopic (exact) mass is 249 g/mol. The van der Waals surface area contributed by atoms with Gasteiger partial charge in [0.15, 0.2) is 0 Å². The van der Waals surface area contributed by atoms with E-state index in [-0.39, 0.29) is 5.82 Å². The van der Waals surface area contributed by atoms with Crippen molar-refractivity contribution in [3.05, 3.63) is 42.0 Å². The predicted octanol–water partition coefficient (Wildman–Crippen LogP) is 1.77. The Morgan fingerprint density at radius 3 is 2.50 bits per heavy atom. The molecule has 1 N–H and O–H groups in total. The van der Waals surface area contributed by atoms with Crippen LogP contribution in [-0.2, 0) is 10.2 Å². The zero-order valence-electron chi connectivity index (χ0n) is 9.96. The van der Waals surface area contributed by atoms with Crippen LogP contribution in [0.15, 0.2) is 30.5 Å². The summed E-state index contributed by atoms with van der Waals surface area (Å²) >= 11 is 0. The highest BCUT2D eigenvalue weighted by Crippen LogP contribution is 2.21. The van der Waals surface area contributed by atoms with Gasteiger partial charge in [-0.05, 0) is 38.1 Å². The Hall–Kier alpha value is -2.24. The Bertz CT molecular complexity index is 575. The summed E-state index contributed by atoms with van der Waals surface area (Å²) in [6, 6.07) is 5.70. The first-order valence-electron chi connectivity index (χ1n) is 5.33. The Balaban J connectivity index is 2.37. The van der Waals surface area contributed by atoms with E-state index in [9.17, 15) is 9.18 Å². The molecule has 1 aromatic heterocycles. The number of carboxylic acids is 1. The fraction of sp³-hybridized carbons (Fsp3) is 0.250. The van der Waals surface area contributed by atoms with Crippen LogP contribution in [0.3, 0.4) is 0 Å². The van der Waals surface area contributed by atoms with Crippen LogP contribution in [0.25, 0.3) is 5.69 Å². The van der Waals surface area contributed by atoms with Gasteiger partial charge in [0, 0.05) is 0 Å². The lowest BCUT2D eigenvalue weighted by atomic mass is 9.90. The normalized spacial score (nSPS) is 11.5. The van der Waals surface area contributed by atoms with Gasteiger partial charge < -0.3 is 5.11 Å². The minimum Gasteiger partial charge on any atom is -0.481 e. The lowest BCUT2D eigenvalue weighted by Crippen LogP contribution is -2.28. The van der Waals surface area contributed by atoms with Crippen molar-refractivity contribution in [3.8, 4) is 5.69 Å². The van der Waals surface area contributed by atoms with Gasteiger partial charge in [-0.1, -0.05) is 5.21 Å². The zero-order chi connectivity index (χ0) is 13.3. The van der Waals surface area contributed by atoms with Gasteiger partial charge in [-0.3, -0.25) is 4.79 Å². The summed E-state index contributed by atoms with van der Waals surface area (Å²) in [6.45, 7) is 3.10. The van der Waals surface area contributed by atoms with Crippen molar-refractivity contribution in [3.63, 3.8) is 0 Å². The Morgan fingerprint density at radius 2 is 1.94 bits per heavy atom. The van der Waals surface area contributed by atoms with E-state index in [1.807, 2.05) is 0 Å². The number of aromatic nitrogens is 3. The number of hydrogen-bond acceptors (Lipinski definition) is 3. The lowest BCUT2D eigenvalue weighted by Gasteiger charge is -2.14. The first kappa shape index (κ1) is 12.2. The summed E-state index contributed by atoms with van der Waals surface area (Å²) in [5.74, 6) is -1.32. The second-order valence-electron chi connectivity index (χ2n) is 4.45. The molecule has 5 nitrogen and oxygen atoms in total. The summed E-state index contributed by atoms with van der Waals surface area (Å²) in [6.07, 6.45) is 1.53. The number of halogens is 1. The van der Waals surface area contributed by atoms with Crippen molar-refractivity contribution in [2.45, 2.75) is 19.3 Å². The molecule has 0 aliphatic heterocycles. The van der Waals surface area contributed by atoms with Crippen LogP contribution in [0.1, 0.15) is 19.5 Å². The molecule has 0 amide bonds. The molecule has 0 aliphatic rings. The molecule has 18 heavy (non-hydrogen) atoms. The lowest BCUT2D eigenvalue weighted by molar-refractivity contribution is -0.142. The van der Waals surface area contributed by atoms with Crippen molar-refractivity contribution < 1.29 is 14.3 Å². The third kappa shape index (κ3) is 2.09. The molecule has 0 spiro atoms. The highest BCUT2D eigenvalue weighted by atomic mass is 19.1. The largest absolute Gasteiger partial charge is 0.481 e. The second-order valence-corrected chi connectivity index (χ2v) is 4.45. The van der Waals surface area contributed by atoms with Gasteiger partial charge in [-0.2, -0.15) is 0 Å². The Labute approximate surface area is 103 Å². The molecule has 2 rings (SSSR count). The first-order valence-corrected chi connectivity index (χ1v) is 5.33. The minimum atomic E-state index is -1.11. The SMILES string of the molecule is CC(C)(C(=O)O)c1cn(-c2ccc(F)cc2)nn1. The summed E-state index contributed by atoms with van der Waals surface area (Å²) < 4.78 is 14.2. The number of rotatable bonds is 3. The topological polar surface area (TPSA) is 68.0 Å². The molecule has 0 saturated heterocycles. The van der Waals surface area contributed by atoms with Crippen LogP contribution in [0.4, 0.5) is 4.39 Å². The van der Waals surface area contributed by atoms with Gasteiger partial charge in [-0.15, -0.1) is 5.10 Å². The van der Waals surface area contributed by atoms with Gasteiger partial charge in [-0.25, -0.2) is 9.07 Å². The van der Waals surface area contributed by atoms with E-state index >= 15 is 0 Å². The van der Waals surface area contributed by atoms with Gasteiger partial charge in [0.1, 0.15) is 11.2 Å². The van der Waals surface area contributed by atoms with Gasteiger partial charge in [0.05, 0.1) is 17.6 Å². The first-order chi connectivity index (χ1) is 8.41. The van der Waals surface area contributed by atoms with Crippen LogP contribution in [-0.4, -0.2) is 26.1 Å². The van der Waals surface area contributed by atoms with E-state index in [1.54, 1.807) is 26.0 Å². The number of nitrogens with zero attached hydrogens (tertiary/aromatic N) is 3. The smallest absolute Gasteiger partial charge is 0.315 e. The van der Waals surface area contributed by atoms with Crippen molar-refractivity contribution in [1.29, 1.82) is 0 Å². The fourth-order valence-corrected chi connectivity index (χ4v) is 1.38. The predicted molar refractivity (Wildman–Crippen MR) is 62.0 cm³/mol. The second kappa shape index (κ2) is 4.21. The van der Waals surface area contributed by atoms with Crippen molar-refractivity contribution in [1.82, 2.24) is 15.0 Å². The number of carbonyl (C=O) groups is 1. The van der Waals surface area contributed by atoms with E-state index in [4.69, 9.17) is 5.11 Å². The molecule has 0 bridgehead atoms. The van der Waals surface area contributed by atoms with E-state index in [0.717, 1.165) is 0 Å². The third-order valence-electron chi connectivity index (χ3n) is 2.76. The van der Waals surface area contributed by atoms with Crippen molar-refractivity contribution in [2.75, 3.05) is 0 Å². The van der Waals surface area contributed by atoms with Crippen LogP contribution in [0.5, 0.6) is 0 Å². The van der Waals surface area contributed by atoms with Gasteiger partial charge in [0.25, 0.3) is 0 Å². The standard InChI is InChI=1S/C12H12FN3O2/c1-12(2,11(17)18)10-7-16(15-14-10)9-5-3-8(13)4-6-9/h3-7H,1-2H3,(H,17,18). The summed E-state index contributed by atoms with van der Waals surface area (Å²) in [5, 5.41) is 16.8. The average Bonchev–Trinajstić information content (AvgIpc) is 2.79. The molecule has 2 aromatic rings. The number of hydrogen-bond donors (Lipinski definition) is 1. The summed E-state index contributed by atoms with van der Waals surface area (Å²) in [5.41, 5.74) is -0.145.